The third kappa shape index (κ3) is 7.43. The SMILES string of the molecule is CCC(C)(C)OC(C(=O)O)c1c(C)ncc(-c2ncc(OCCc3ccc(F)cc3)c(C)n2)c1N1CCC(C)(C)CC1. The summed E-state index contributed by atoms with van der Waals surface area (Å²) < 4.78 is 25.4. The van der Waals surface area contributed by atoms with Crippen LogP contribution in [0.2, 0.25) is 0 Å². The lowest BCUT2D eigenvalue weighted by molar-refractivity contribution is -0.162. The molecule has 3 heterocycles. The van der Waals surface area contributed by atoms with E-state index in [1.54, 1.807) is 24.5 Å². The number of ether oxygens (including phenoxy) is 2. The summed E-state index contributed by atoms with van der Waals surface area (Å²) in [5, 5.41) is 10.4. The molecule has 1 aromatic carbocycles. The van der Waals surface area contributed by atoms with Gasteiger partial charge in [0.15, 0.2) is 17.7 Å². The number of piperidine rings is 1. The zero-order valence-electron chi connectivity index (χ0n) is 25.8. The molecule has 1 fully saturated rings. The highest BCUT2D eigenvalue weighted by atomic mass is 19.1. The van der Waals surface area contributed by atoms with Gasteiger partial charge in [0, 0.05) is 37.0 Å². The summed E-state index contributed by atoms with van der Waals surface area (Å²) in [6.45, 7) is 15.9. The molecule has 9 heteroatoms. The number of anilines is 1. The van der Waals surface area contributed by atoms with Crippen LogP contribution in [0.1, 0.15) is 82.5 Å². The molecule has 1 saturated heterocycles. The Morgan fingerprint density at radius 3 is 2.36 bits per heavy atom. The van der Waals surface area contributed by atoms with E-state index in [0.717, 1.165) is 37.2 Å². The molecule has 226 valence electrons. The number of hydrogen-bond acceptors (Lipinski definition) is 7. The van der Waals surface area contributed by atoms with Gasteiger partial charge < -0.3 is 19.5 Å². The smallest absolute Gasteiger partial charge is 0.337 e. The molecule has 0 saturated carbocycles. The van der Waals surface area contributed by atoms with Gasteiger partial charge in [-0.15, -0.1) is 0 Å². The molecule has 1 N–H and O–H groups in total. The van der Waals surface area contributed by atoms with E-state index in [1.165, 1.54) is 12.1 Å². The van der Waals surface area contributed by atoms with Crippen LogP contribution in [0.5, 0.6) is 5.75 Å². The van der Waals surface area contributed by atoms with Crippen LogP contribution >= 0.6 is 0 Å². The number of halogens is 1. The third-order valence-corrected chi connectivity index (χ3v) is 8.23. The first kappa shape index (κ1) is 31.3. The van der Waals surface area contributed by atoms with Crippen LogP contribution in [0.25, 0.3) is 11.4 Å². The standard InChI is InChI=1S/C33H43FN4O4/c1-8-33(6,7)42-29(31(39)40)27-22(3)35-19-25(28(27)38-16-14-32(4,5)15-17-38)30-36-20-26(21(2)37-30)41-18-13-23-9-11-24(34)12-10-23/h9-12,19-20,29H,8,13-18H2,1-7H3,(H,39,40). The molecule has 8 nitrogen and oxygen atoms in total. The van der Waals surface area contributed by atoms with Crippen molar-refractivity contribution >= 4 is 11.7 Å². The Morgan fingerprint density at radius 2 is 1.76 bits per heavy atom. The van der Waals surface area contributed by atoms with Crippen LogP contribution in [0.4, 0.5) is 10.1 Å². The topological polar surface area (TPSA) is 97.7 Å². The van der Waals surface area contributed by atoms with Gasteiger partial charge in [-0.1, -0.05) is 32.9 Å². The molecular weight excluding hydrogens is 535 g/mol. The quantitative estimate of drug-likeness (QED) is 0.263. The van der Waals surface area contributed by atoms with Crippen molar-refractivity contribution in [3.63, 3.8) is 0 Å². The number of aromatic nitrogens is 3. The van der Waals surface area contributed by atoms with Crippen molar-refractivity contribution in [1.82, 2.24) is 15.0 Å². The number of nitrogens with zero attached hydrogens (tertiary/aromatic N) is 4. The zero-order chi connectivity index (χ0) is 30.7. The number of carboxylic acids is 1. The maximum Gasteiger partial charge on any atom is 0.337 e. The number of pyridine rings is 1. The van der Waals surface area contributed by atoms with Gasteiger partial charge in [-0.25, -0.2) is 19.2 Å². The van der Waals surface area contributed by atoms with E-state index in [0.29, 0.717) is 53.5 Å². The lowest BCUT2D eigenvalue weighted by Crippen LogP contribution is -2.39. The second-order valence-electron chi connectivity index (χ2n) is 12.5. The summed E-state index contributed by atoms with van der Waals surface area (Å²) in [7, 11) is 0. The Hall–Kier alpha value is -3.59. The lowest BCUT2D eigenvalue weighted by atomic mass is 9.82. The molecule has 42 heavy (non-hydrogen) atoms. The molecule has 2 aromatic heterocycles. The summed E-state index contributed by atoms with van der Waals surface area (Å²) in [6, 6.07) is 6.36. The highest BCUT2D eigenvalue weighted by Crippen LogP contribution is 2.43. The third-order valence-electron chi connectivity index (χ3n) is 8.23. The Balaban J connectivity index is 1.72. The molecule has 1 aliphatic heterocycles. The molecule has 1 atom stereocenters. The van der Waals surface area contributed by atoms with E-state index in [9.17, 15) is 14.3 Å². The van der Waals surface area contributed by atoms with Crippen molar-refractivity contribution < 1.29 is 23.8 Å². The number of hydrogen-bond donors (Lipinski definition) is 1. The van der Waals surface area contributed by atoms with Crippen molar-refractivity contribution in [3.8, 4) is 17.1 Å². The lowest BCUT2D eigenvalue weighted by Gasteiger charge is -2.40. The zero-order valence-corrected chi connectivity index (χ0v) is 25.8. The summed E-state index contributed by atoms with van der Waals surface area (Å²) in [4.78, 5) is 29.0. The summed E-state index contributed by atoms with van der Waals surface area (Å²) in [6.07, 6.45) is 5.39. The summed E-state index contributed by atoms with van der Waals surface area (Å²) >= 11 is 0. The molecular formula is C33H43FN4O4. The molecule has 0 aliphatic carbocycles. The number of carboxylic acid groups (broad SMARTS) is 1. The fourth-order valence-electron chi connectivity index (χ4n) is 5.05. The Kier molecular flexibility index (Phi) is 9.50. The number of aliphatic carboxylic acids is 1. The molecule has 0 amide bonds. The van der Waals surface area contributed by atoms with Gasteiger partial charge in [0.1, 0.15) is 5.82 Å². The Bertz CT molecular complexity index is 1400. The molecule has 0 spiro atoms. The van der Waals surface area contributed by atoms with Crippen molar-refractivity contribution in [3.05, 3.63) is 65.0 Å². The van der Waals surface area contributed by atoms with E-state index in [4.69, 9.17) is 14.5 Å². The van der Waals surface area contributed by atoms with Crippen LogP contribution in [-0.2, 0) is 16.0 Å². The van der Waals surface area contributed by atoms with Crippen molar-refractivity contribution in [1.29, 1.82) is 0 Å². The molecule has 0 bridgehead atoms. The highest BCUT2D eigenvalue weighted by molar-refractivity contribution is 5.84. The second kappa shape index (κ2) is 12.7. The maximum absolute atomic E-state index is 13.2. The van der Waals surface area contributed by atoms with Gasteiger partial charge in [0.25, 0.3) is 0 Å². The first-order valence-electron chi connectivity index (χ1n) is 14.7. The van der Waals surface area contributed by atoms with Gasteiger partial charge in [-0.05, 0) is 70.1 Å². The average molecular weight is 579 g/mol. The van der Waals surface area contributed by atoms with E-state index in [2.05, 4.69) is 28.7 Å². The van der Waals surface area contributed by atoms with Crippen molar-refractivity contribution in [2.45, 2.75) is 85.9 Å². The highest BCUT2D eigenvalue weighted by Gasteiger charge is 2.36. The maximum atomic E-state index is 13.2. The molecule has 1 aliphatic rings. The van der Waals surface area contributed by atoms with Crippen LogP contribution in [0.3, 0.4) is 0 Å². The van der Waals surface area contributed by atoms with Crippen LogP contribution in [0, 0.1) is 25.1 Å². The molecule has 0 radical (unpaired) electrons. The van der Waals surface area contributed by atoms with Crippen LogP contribution in [-0.4, -0.2) is 51.3 Å². The summed E-state index contributed by atoms with van der Waals surface area (Å²) in [5.74, 6) is -0.319. The largest absolute Gasteiger partial charge is 0.490 e. The predicted molar refractivity (Wildman–Crippen MR) is 161 cm³/mol. The Labute approximate surface area is 248 Å². The summed E-state index contributed by atoms with van der Waals surface area (Å²) in [5.41, 5.74) is 3.77. The van der Waals surface area contributed by atoms with Gasteiger partial charge in [0.2, 0.25) is 0 Å². The van der Waals surface area contributed by atoms with Crippen LogP contribution in [0.15, 0.2) is 36.7 Å². The second-order valence-corrected chi connectivity index (χ2v) is 12.5. The molecule has 3 aromatic rings. The van der Waals surface area contributed by atoms with Gasteiger partial charge in [0.05, 0.1) is 35.3 Å². The Morgan fingerprint density at radius 1 is 1.10 bits per heavy atom. The monoisotopic (exact) mass is 578 g/mol. The first-order valence-corrected chi connectivity index (χ1v) is 14.7. The van der Waals surface area contributed by atoms with Gasteiger partial charge in [-0.3, -0.25) is 4.98 Å². The minimum atomic E-state index is -1.20. The van der Waals surface area contributed by atoms with E-state index < -0.39 is 17.7 Å². The number of benzene rings is 1. The van der Waals surface area contributed by atoms with E-state index >= 15 is 0 Å². The van der Waals surface area contributed by atoms with E-state index in [1.807, 2.05) is 34.6 Å². The number of rotatable bonds is 11. The molecule has 1 unspecified atom stereocenters. The van der Waals surface area contributed by atoms with Crippen molar-refractivity contribution in [2.75, 3.05) is 24.6 Å². The predicted octanol–water partition coefficient (Wildman–Crippen LogP) is 6.87. The first-order chi connectivity index (χ1) is 19.8. The van der Waals surface area contributed by atoms with Crippen LogP contribution < -0.4 is 9.64 Å². The number of aryl methyl sites for hydroxylation is 2. The minimum absolute atomic E-state index is 0.200. The van der Waals surface area contributed by atoms with Gasteiger partial charge in [-0.2, -0.15) is 0 Å². The number of carbonyl (C=O) groups is 1. The normalized spacial score (nSPS) is 15.9. The van der Waals surface area contributed by atoms with Gasteiger partial charge >= 0.3 is 5.97 Å². The average Bonchev–Trinajstić information content (AvgIpc) is 2.94. The molecule has 4 rings (SSSR count). The fraction of sp³-hybridized carbons (Fsp3) is 0.515. The fourth-order valence-corrected chi connectivity index (χ4v) is 5.05. The van der Waals surface area contributed by atoms with E-state index in [-0.39, 0.29) is 11.2 Å². The van der Waals surface area contributed by atoms with Crippen molar-refractivity contribution in [2.24, 2.45) is 5.41 Å². The minimum Gasteiger partial charge on any atom is -0.490 e.